The van der Waals surface area contributed by atoms with E-state index in [1.54, 1.807) is 21.1 Å². The monoisotopic (exact) mass is 254 g/mol. The molecule has 0 saturated heterocycles. The SMILES string of the molecule is CN(C)C(=O)CN(C)C(=O)c1cn(CCN)nn1. The van der Waals surface area contributed by atoms with E-state index in [1.165, 1.54) is 20.7 Å². The average molecular weight is 254 g/mol. The molecule has 0 aliphatic carbocycles. The number of hydrogen-bond donors (Lipinski definition) is 1. The number of nitrogens with two attached hydrogens (primary N) is 1. The minimum Gasteiger partial charge on any atom is -0.347 e. The van der Waals surface area contributed by atoms with Gasteiger partial charge in [-0.1, -0.05) is 5.21 Å². The predicted octanol–water partition coefficient (Wildman–Crippen LogP) is -1.60. The lowest BCUT2D eigenvalue weighted by Gasteiger charge is -2.17. The third-order valence-electron chi connectivity index (χ3n) is 2.33. The molecule has 100 valence electrons. The average Bonchev–Trinajstić information content (AvgIpc) is 2.76. The lowest BCUT2D eigenvalue weighted by molar-refractivity contribution is -0.129. The molecule has 0 spiro atoms. The smallest absolute Gasteiger partial charge is 0.276 e. The van der Waals surface area contributed by atoms with Crippen molar-refractivity contribution < 1.29 is 9.59 Å². The van der Waals surface area contributed by atoms with Gasteiger partial charge in [-0.3, -0.25) is 14.3 Å². The van der Waals surface area contributed by atoms with E-state index in [0.717, 1.165) is 0 Å². The van der Waals surface area contributed by atoms with Crippen LogP contribution in [0.1, 0.15) is 10.5 Å². The Hall–Kier alpha value is -1.96. The summed E-state index contributed by atoms with van der Waals surface area (Å²) in [6.45, 7) is 0.933. The fourth-order valence-electron chi connectivity index (χ4n) is 1.25. The Kier molecular flexibility index (Phi) is 4.78. The highest BCUT2D eigenvalue weighted by Gasteiger charge is 2.18. The van der Waals surface area contributed by atoms with Crippen molar-refractivity contribution in [1.29, 1.82) is 0 Å². The molecule has 2 amide bonds. The fraction of sp³-hybridized carbons (Fsp3) is 0.600. The van der Waals surface area contributed by atoms with E-state index in [2.05, 4.69) is 10.3 Å². The molecule has 0 atom stereocenters. The maximum Gasteiger partial charge on any atom is 0.276 e. The van der Waals surface area contributed by atoms with Crippen molar-refractivity contribution in [1.82, 2.24) is 24.8 Å². The van der Waals surface area contributed by atoms with Crippen LogP contribution in [0.3, 0.4) is 0 Å². The molecule has 0 aliphatic heterocycles. The second kappa shape index (κ2) is 6.10. The standard InChI is InChI=1S/C10H18N6O2/c1-14(2)9(17)7-15(3)10(18)8-6-16(5-4-11)13-12-8/h6H,4-5,7,11H2,1-3H3. The Morgan fingerprint density at radius 3 is 2.61 bits per heavy atom. The van der Waals surface area contributed by atoms with Gasteiger partial charge in [0.2, 0.25) is 5.91 Å². The Labute approximate surface area is 105 Å². The van der Waals surface area contributed by atoms with Gasteiger partial charge in [-0.15, -0.1) is 5.10 Å². The number of carbonyl (C=O) groups is 2. The molecule has 0 aliphatic rings. The highest BCUT2D eigenvalue weighted by molar-refractivity contribution is 5.94. The van der Waals surface area contributed by atoms with Gasteiger partial charge in [0, 0.05) is 27.7 Å². The number of rotatable bonds is 5. The molecule has 0 fully saturated rings. The lowest BCUT2D eigenvalue weighted by atomic mass is 10.4. The van der Waals surface area contributed by atoms with Gasteiger partial charge >= 0.3 is 0 Å². The summed E-state index contributed by atoms with van der Waals surface area (Å²) in [5.41, 5.74) is 5.58. The van der Waals surface area contributed by atoms with Gasteiger partial charge in [-0.05, 0) is 0 Å². The number of aromatic nitrogens is 3. The van der Waals surface area contributed by atoms with Crippen molar-refractivity contribution in [2.75, 3.05) is 34.2 Å². The summed E-state index contributed by atoms with van der Waals surface area (Å²) >= 11 is 0. The summed E-state index contributed by atoms with van der Waals surface area (Å²) in [5, 5.41) is 7.52. The van der Waals surface area contributed by atoms with Crippen LogP contribution in [0.2, 0.25) is 0 Å². The third kappa shape index (κ3) is 3.52. The first-order valence-electron chi connectivity index (χ1n) is 5.51. The fourth-order valence-corrected chi connectivity index (χ4v) is 1.25. The second-order valence-corrected chi connectivity index (χ2v) is 4.10. The quantitative estimate of drug-likeness (QED) is 0.682. The van der Waals surface area contributed by atoms with Gasteiger partial charge in [0.25, 0.3) is 5.91 Å². The van der Waals surface area contributed by atoms with Crippen LogP contribution in [0.25, 0.3) is 0 Å². The van der Waals surface area contributed by atoms with Gasteiger partial charge in [0.1, 0.15) is 0 Å². The summed E-state index contributed by atoms with van der Waals surface area (Å²) in [5.74, 6) is -0.492. The second-order valence-electron chi connectivity index (χ2n) is 4.10. The van der Waals surface area contributed by atoms with E-state index in [4.69, 9.17) is 5.73 Å². The van der Waals surface area contributed by atoms with E-state index in [0.29, 0.717) is 13.1 Å². The first-order valence-corrected chi connectivity index (χ1v) is 5.51. The molecule has 1 heterocycles. The van der Waals surface area contributed by atoms with E-state index >= 15 is 0 Å². The number of nitrogens with zero attached hydrogens (tertiary/aromatic N) is 5. The third-order valence-corrected chi connectivity index (χ3v) is 2.33. The Bertz CT molecular complexity index is 428. The lowest BCUT2D eigenvalue weighted by Crippen LogP contribution is -2.37. The van der Waals surface area contributed by atoms with Crippen LogP contribution in [0.5, 0.6) is 0 Å². The Morgan fingerprint density at radius 1 is 1.39 bits per heavy atom. The molecular weight excluding hydrogens is 236 g/mol. The van der Waals surface area contributed by atoms with Gasteiger partial charge in [-0.2, -0.15) is 0 Å². The summed E-state index contributed by atoms with van der Waals surface area (Å²) in [6.07, 6.45) is 1.52. The molecule has 0 radical (unpaired) electrons. The summed E-state index contributed by atoms with van der Waals surface area (Å²) in [4.78, 5) is 26.1. The van der Waals surface area contributed by atoms with E-state index in [-0.39, 0.29) is 24.1 Å². The van der Waals surface area contributed by atoms with Crippen molar-refractivity contribution in [2.24, 2.45) is 5.73 Å². The largest absolute Gasteiger partial charge is 0.347 e. The highest BCUT2D eigenvalue weighted by Crippen LogP contribution is 1.99. The van der Waals surface area contributed by atoms with Gasteiger partial charge in [0.05, 0.1) is 19.3 Å². The van der Waals surface area contributed by atoms with Gasteiger partial charge in [-0.25, -0.2) is 0 Å². The first-order chi connectivity index (χ1) is 8.45. The van der Waals surface area contributed by atoms with Crippen LogP contribution in [-0.2, 0) is 11.3 Å². The zero-order chi connectivity index (χ0) is 13.7. The first kappa shape index (κ1) is 14.1. The molecule has 1 rings (SSSR count). The molecule has 1 aromatic heterocycles. The van der Waals surface area contributed by atoms with Crippen molar-refractivity contribution in [2.45, 2.75) is 6.54 Å². The predicted molar refractivity (Wildman–Crippen MR) is 64.7 cm³/mol. The molecule has 0 aromatic carbocycles. The van der Waals surface area contributed by atoms with Crippen LogP contribution in [0, 0.1) is 0 Å². The van der Waals surface area contributed by atoms with Crippen LogP contribution >= 0.6 is 0 Å². The molecule has 0 bridgehead atoms. The van der Waals surface area contributed by atoms with Gasteiger partial charge < -0.3 is 15.5 Å². The molecule has 0 unspecified atom stereocenters. The molecule has 8 nitrogen and oxygen atoms in total. The molecule has 18 heavy (non-hydrogen) atoms. The minimum atomic E-state index is -0.339. The number of hydrogen-bond acceptors (Lipinski definition) is 5. The zero-order valence-electron chi connectivity index (χ0n) is 10.8. The number of carbonyl (C=O) groups excluding carboxylic acids is 2. The van der Waals surface area contributed by atoms with E-state index in [1.807, 2.05) is 0 Å². The number of amides is 2. The van der Waals surface area contributed by atoms with Crippen molar-refractivity contribution in [3.8, 4) is 0 Å². The summed E-state index contributed by atoms with van der Waals surface area (Å²) in [7, 11) is 4.82. The van der Waals surface area contributed by atoms with Gasteiger partial charge in [0.15, 0.2) is 5.69 Å². The van der Waals surface area contributed by atoms with Crippen LogP contribution in [0.15, 0.2) is 6.20 Å². The maximum absolute atomic E-state index is 11.9. The van der Waals surface area contributed by atoms with Crippen molar-refractivity contribution in [3.05, 3.63) is 11.9 Å². The Balaban J connectivity index is 2.65. The van der Waals surface area contributed by atoms with Crippen molar-refractivity contribution in [3.63, 3.8) is 0 Å². The van der Waals surface area contributed by atoms with Crippen LogP contribution in [-0.4, -0.2) is 70.8 Å². The Morgan fingerprint density at radius 2 is 2.06 bits per heavy atom. The van der Waals surface area contributed by atoms with Crippen LogP contribution in [0.4, 0.5) is 0 Å². The molecule has 8 heteroatoms. The maximum atomic E-state index is 11.9. The highest BCUT2D eigenvalue weighted by atomic mass is 16.2. The molecule has 1 aromatic rings. The minimum absolute atomic E-state index is 0.00951. The number of likely N-dealkylation sites (N-methyl/N-ethyl adjacent to an activating group) is 2. The summed E-state index contributed by atoms with van der Waals surface area (Å²) < 4.78 is 1.49. The molecule has 0 saturated carbocycles. The molecule has 2 N–H and O–H groups in total. The summed E-state index contributed by atoms with van der Waals surface area (Å²) in [6, 6.07) is 0. The topological polar surface area (TPSA) is 97.4 Å². The zero-order valence-corrected chi connectivity index (χ0v) is 10.8. The molecular formula is C10H18N6O2. The van der Waals surface area contributed by atoms with Crippen LogP contribution < -0.4 is 5.73 Å². The van der Waals surface area contributed by atoms with E-state index in [9.17, 15) is 9.59 Å². The van der Waals surface area contributed by atoms with Crippen molar-refractivity contribution >= 4 is 11.8 Å². The normalized spacial score (nSPS) is 10.2. The van der Waals surface area contributed by atoms with E-state index < -0.39 is 0 Å².